The number of ether oxygens (including phenoxy) is 2. The van der Waals surface area contributed by atoms with E-state index >= 15 is 0 Å². The molecule has 0 radical (unpaired) electrons. The molecule has 0 aromatic heterocycles. The molecular formula is C17H17NO5. The SMILES string of the molecule is COc1ccc(C(=O)NCc2ccc(C(=O)O)cc2)c(OC)c1. The summed E-state index contributed by atoms with van der Waals surface area (Å²) in [5, 5.41) is 11.6. The van der Waals surface area contributed by atoms with Gasteiger partial charge in [-0.3, -0.25) is 4.79 Å². The molecule has 0 heterocycles. The fourth-order valence-corrected chi connectivity index (χ4v) is 2.03. The van der Waals surface area contributed by atoms with Crippen molar-refractivity contribution in [2.45, 2.75) is 6.54 Å². The van der Waals surface area contributed by atoms with Crippen LogP contribution in [-0.2, 0) is 6.54 Å². The number of carbonyl (C=O) groups excluding carboxylic acids is 1. The number of amides is 1. The number of hydrogen-bond donors (Lipinski definition) is 2. The largest absolute Gasteiger partial charge is 0.497 e. The normalized spacial score (nSPS) is 10.0. The monoisotopic (exact) mass is 315 g/mol. The van der Waals surface area contributed by atoms with Crippen molar-refractivity contribution >= 4 is 11.9 Å². The van der Waals surface area contributed by atoms with E-state index < -0.39 is 5.97 Å². The minimum Gasteiger partial charge on any atom is -0.497 e. The van der Waals surface area contributed by atoms with Crippen molar-refractivity contribution in [3.05, 3.63) is 59.2 Å². The lowest BCUT2D eigenvalue weighted by Gasteiger charge is -2.11. The van der Waals surface area contributed by atoms with Gasteiger partial charge in [0.1, 0.15) is 11.5 Å². The number of carbonyl (C=O) groups is 2. The van der Waals surface area contributed by atoms with Crippen LogP contribution in [-0.4, -0.2) is 31.2 Å². The third-order valence-electron chi connectivity index (χ3n) is 3.31. The van der Waals surface area contributed by atoms with Crippen LogP contribution in [0, 0.1) is 0 Å². The Balaban J connectivity index is 2.06. The third kappa shape index (κ3) is 4.00. The molecule has 120 valence electrons. The van der Waals surface area contributed by atoms with E-state index in [0.717, 1.165) is 5.56 Å². The van der Waals surface area contributed by atoms with E-state index in [1.807, 2.05) is 0 Å². The van der Waals surface area contributed by atoms with Crippen molar-refractivity contribution in [1.82, 2.24) is 5.32 Å². The summed E-state index contributed by atoms with van der Waals surface area (Å²) in [5.41, 5.74) is 1.41. The van der Waals surface area contributed by atoms with Crippen molar-refractivity contribution in [3.63, 3.8) is 0 Å². The Bertz CT molecular complexity index is 709. The Morgan fingerprint density at radius 3 is 2.30 bits per heavy atom. The van der Waals surface area contributed by atoms with Crippen LogP contribution in [0.2, 0.25) is 0 Å². The fourth-order valence-electron chi connectivity index (χ4n) is 2.03. The van der Waals surface area contributed by atoms with Gasteiger partial charge in [0.25, 0.3) is 5.91 Å². The lowest BCUT2D eigenvalue weighted by molar-refractivity contribution is 0.0696. The fraction of sp³-hybridized carbons (Fsp3) is 0.176. The predicted molar refractivity (Wildman–Crippen MR) is 84.1 cm³/mol. The maximum Gasteiger partial charge on any atom is 0.335 e. The number of rotatable bonds is 6. The molecule has 2 aromatic rings. The summed E-state index contributed by atoms with van der Waals surface area (Å²) < 4.78 is 10.3. The van der Waals surface area contributed by atoms with Gasteiger partial charge in [-0.15, -0.1) is 0 Å². The summed E-state index contributed by atoms with van der Waals surface area (Å²) in [6, 6.07) is 11.3. The molecule has 2 N–H and O–H groups in total. The zero-order valence-corrected chi connectivity index (χ0v) is 12.8. The molecule has 23 heavy (non-hydrogen) atoms. The van der Waals surface area contributed by atoms with Crippen molar-refractivity contribution in [3.8, 4) is 11.5 Å². The van der Waals surface area contributed by atoms with Gasteiger partial charge in [-0.2, -0.15) is 0 Å². The van der Waals surface area contributed by atoms with Crippen molar-refractivity contribution in [1.29, 1.82) is 0 Å². The number of hydrogen-bond acceptors (Lipinski definition) is 4. The Morgan fingerprint density at radius 1 is 1.04 bits per heavy atom. The predicted octanol–water partition coefficient (Wildman–Crippen LogP) is 2.33. The minimum absolute atomic E-state index is 0.205. The number of aromatic carboxylic acids is 1. The van der Waals surface area contributed by atoms with Gasteiger partial charge in [-0.25, -0.2) is 4.79 Å². The summed E-state index contributed by atoms with van der Waals surface area (Å²) in [7, 11) is 3.02. The van der Waals surface area contributed by atoms with Gasteiger partial charge in [0.2, 0.25) is 0 Å². The first-order chi connectivity index (χ1) is 11.0. The van der Waals surface area contributed by atoms with Gasteiger partial charge in [0.15, 0.2) is 0 Å². The van der Waals surface area contributed by atoms with Crippen LogP contribution in [0.15, 0.2) is 42.5 Å². The van der Waals surface area contributed by atoms with E-state index in [1.165, 1.54) is 26.4 Å². The van der Waals surface area contributed by atoms with Gasteiger partial charge in [-0.05, 0) is 29.8 Å². The number of methoxy groups -OCH3 is 2. The standard InChI is InChI=1S/C17H17NO5/c1-22-13-7-8-14(15(9-13)23-2)16(19)18-10-11-3-5-12(6-4-11)17(20)21/h3-9H,10H2,1-2H3,(H,18,19)(H,20,21). The second-order valence-electron chi connectivity index (χ2n) is 4.75. The maximum atomic E-state index is 12.2. The molecule has 0 fully saturated rings. The molecule has 0 aliphatic carbocycles. The van der Waals surface area contributed by atoms with E-state index in [9.17, 15) is 9.59 Å². The van der Waals surface area contributed by atoms with Crippen LogP contribution in [0.5, 0.6) is 11.5 Å². The molecule has 2 aromatic carbocycles. The molecule has 1 amide bonds. The van der Waals surface area contributed by atoms with Crippen LogP contribution in [0.25, 0.3) is 0 Å². The second kappa shape index (κ2) is 7.31. The van der Waals surface area contributed by atoms with Crippen molar-refractivity contribution < 1.29 is 24.2 Å². The van der Waals surface area contributed by atoms with E-state index in [4.69, 9.17) is 14.6 Å². The topological polar surface area (TPSA) is 84.9 Å². The lowest BCUT2D eigenvalue weighted by atomic mass is 10.1. The maximum absolute atomic E-state index is 12.2. The Kier molecular flexibility index (Phi) is 5.19. The summed E-state index contributed by atoms with van der Waals surface area (Å²) in [5.74, 6) is -0.249. The molecule has 0 saturated carbocycles. The zero-order valence-electron chi connectivity index (χ0n) is 12.8. The molecule has 0 atom stereocenters. The van der Waals surface area contributed by atoms with Gasteiger partial charge in [0.05, 0.1) is 25.3 Å². The molecule has 0 aliphatic rings. The van der Waals surface area contributed by atoms with Crippen molar-refractivity contribution in [2.75, 3.05) is 14.2 Å². The lowest BCUT2D eigenvalue weighted by Crippen LogP contribution is -2.23. The van der Waals surface area contributed by atoms with Crippen LogP contribution < -0.4 is 14.8 Å². The minimum atomic E-state index is -0.983. The van der Waals surface area contributed by atoms with Crippen LogP contribution in [0.4, 0.5) is 0 Å². The van der Waals surface area contributed by atoms with Crippen LogP contribution in [0.1, 0.15) is 26.3 Å². The molecule has 0 spiro atoms. The smallest absolute Gasteiger partial charge is 0.335 e. The molecule has 0 unspecified atom stereocenters. The van der Waals surface area contributed by atoms with Gasteiger partial charge in [-0.1, -0.05) is 12.1 Å². The highest BCUT2D eigenvalue weighted by Gasteiger charge is 2.13. The first kappa shape index (κ1) is 16.4. The van der Waals surface area contributed by atoms with Gasteiger partial charge in [0, 0.05) is 12.6 Å². The highest BCUT2D eigenvalue weighted by atomic mass is 16.5. The zero-order chi connectivity index (χ0) is 16.8. The van der Waals surface area contributed by atoms with Crippen LogP contribution in [0.3, 0.4) is 0 Å². The summed E-state index contributed by atoms with van der Waals surface area (Å²) in [4.78, 5) is 23.0. The average Bonchev–Trinajstić information content (AvgIpc) is 2.59. The molecule has 2 rings (SSSR count). The molecule has 0 bridgehead atoms. The quantitative estimate of drug-likeness (QED) is 0.854. The highest BCUT2D eigenvalue weighted by Crippen LogP contribution is 2.24. The Labute approximate surface area is 133 Å². The number of carboxylic acids is 1. The Morgan fingerprint density at radius 2 is 1.74 bits per heavy atom. The van der Waals surface area contributed by atoms with Gasteiger partial charge >= 0.3 is 5.97 Å². The van der Waals surface area contributed by atoms with E-state index in [1.54, 1.807) is 30.3 Å². The van der Waals surface area contributed by atoms with Gasteiger partial charge < -0.3 is 19.9 Å². The molecule has 6 nitrogen and oxygen atoms in total. The first-order valence-corrected chi connectivity index (χ1v) is 6.87. The van der Waals surface area contributed by atoms with Crippen LogP contribution >= 0.6 is 0 Å². The molecule has 0 saturated heterocycles. The van der Waals surface area contributed by atoms with E-state index in [-0.39, 0.29) is 18.0 Å². The number of benzene rings is 2. The van der Waals surface area contributed by atoms with Crippen molar-refractivity contribution in [2.24, 2.45) is 0 Å². The summed E-state index contributed by atoms with van der Waals surface area (Å²) in [6.45, 7) is 0.286. The summed E-state index contributed by atoms with van der Waals surface area (Å²) in [6.07, 6.45) is 0. The number of nitrogens with one attached hydrogen (secondary N) is 1. The Hall–Kier alpha value is -3.02. The molecule has 6 heteroatoms. The first-order valence-electron chi connectivity index (χ1n) is 6.87. The number of carboxylic acid groups (broad SMARTS) is 1. The second-order valence-corrected chi connectivity index (χ2v) is 4.75. The highest BCUT2D eigenvalue weighted by molar-refractivity contribution is 5.97. The third-order valence-corrected chi connectivity index (χ3v) is 3.31. The van der Waals surface area contributed by atoms with E-state index in [0.29, 0.717) is 17.1 Å². The molecule has 0 aliphatic heterocycles. The molecular weight excluding hydrogens is 298 g/mol. The van der Waals surface area contributed by atoms with E-state index in [2.05, 4.69) is 5.32 Å². The average molecular weight is 315 g/mol. The summed E-state index contributed by atoms with van der Waals surface area (Å²) >= 11 is 0.